The van der Waals surface area contributed by atoms with Gasteiger partial charge in [0.15, 0.2) is 0 Å². The van der Waals surface area contributed by atoms with Crippen LogP contribution in [0.3, 0.4) is 0 Å². The zero-order chi connectivity index (χ0) is 25.0. The SMILES string of the molecule is CC1C2C3=CCC4C5(C)CCC6OCOC[C@]6(C)C5CCC4(C)[C@]3(C)CCC2(C(=O)O)CC[C@H]1C. The molecule has 4 heteroatoms. The summed E-state index contributed by atoms with van der Waals surface area (Å²) in [6.07, 6.45) is 12.7. The van der Waals surface area contributed by atoms with Crippen LogP contribution in [0.2, 0.25) is 0 Å². The van der Waals surface area contributed by atoms with E-state index in [-0.39, 0.29) is 27.6 Å². The molecule has 11 atom stereocenters. The number of ether oxygens (including phenoxy) is 2. The zero-order valence-electron chi connectivity index (χ0n) is 23.0. The molecule has 0 amide bonds. The van der Waals surface area contributed by atoms with E-state index in [0.29, 0.717) is 36.6 Å². The molecule has 4 saturated carbocycles. The molecule has 196 valence electrons. The summed E-state index contributed by atoms with van der Waals surface area (Å²) in [7, 11) is 0. The van der Waals surface area contributed by atoms with Gasteiger partial charge in [0.2, 0.25) is 0 Å². The third-order valence-corrected chi connectivity index (χ3v) is 13.9. The van der Waals surface area contributed by atoms with Gasteiger partial charge in [-0.3, -0.25) is 4.79 Å². The maximum atomic E-state index is 12.9. The van der Waals surface area contributed by atoms with Crippen molar-refractivity contribution in [3.63, 3.8) is 0 Å². The van der Waals surface area contributed by atoms with Crippen LogP contribution in [0.15, 0.2) is 11.6 Å². The van der Waals surface area contributed by atoms with E-state index in [1.54, 1.807) is 0 Å². The Bertz CT molecular complexity index is 942. The summed E-state index contributed by atoms with van der Waals surface area (Å²) in [5.41, 5.74) is 1.68. The number of hydrogen-bond donors (Lipinski definition) is 1. The highest BCUT2D eigenvalue weighted by Crippen LogP contribution is 2.76. The summed E-state index contributed by atoms with van der Waals surface area (Å²) in [6.45, 7) is 16.2. The van der Waals surface area contributed by atoms with Crippen molar-refractivity contribution < 1.29 is 19.4 Å². The highest BCUT2D eigenvalue weighted by molar-refractivity contribution is 5.76. The molecule has 8 unspecified atom stereocenters. The number of carboxylic acid groups (broad SMARTS) is 1. The molecule has 6 rings (SSSR count). The Morgan fingerprint density at radius 2 is 1.71 bits per heavy atom. The molecule has 4 nitrogen and oxygen atoms in total. The fraction of sp³-hybridized carbons (Fsp3) is 0.903. The van der Waals surface area contributed by atoms with Crippen molar-refractivity contribution in [1.82, 2.24) is 0 Å². The maximum absolute atomic E-state index is 12.9. The van der Waals surface area contributed by atoms with Gasteiger partial charge in [0.25, 0.3) is 0 Å². The van der Waals surface area contributed by atoms with Crippen LogP contribution in [0.25, 0.3) is 0 Å². The van der Waals surface area contributed by atoms with Crippen molar-refractivity contribution in [3.05, 3.63) is 11.6 Å². The first kappa shape index (κ1) is 24.5. The van der Waals surface area contributed by atoms with Crippen LogP contribution in [0.5, 0.6) is 0 Å². The highest BCUT2D eigenvalue weighted by Gasteiger charge is 2.70. The third-order valence-electron chi connectivity index (χ3n) is 13.9. The molecular formula is C31H48O4. The minimum atomic E-state index is -0.552. The molecule has 0 spiro atoms. The molecule has 1 N–H and O–H groups in total. The lowest BCUT2D eigenvalue weighted by Gasteiger charge is -2.71. The van der Waals surface area contributed by atoms with Gasteiger partial charge in [-0.1, -0.05) is 53.2 Å². The average molecular weight is 485 g/mol. The minimum Gasteiger partial charge on any atom is -0.481 e. The van der Waals surface area contributed by atoms with Crippen molar-refractivity contribution in [2.45, 2.75) is 105 Å². The lowest BCUT2D eigenvalue weighted by atomic mass is 9.33. The first-order chi connectivity index (χ1) is 16.4. The van der Waals surface area contributed by atoms with E-state index in [0.717, 1.165) is 45.1 Å². The standard InChI is InChI=1S/C31H48O4/c1-19-9-14-31(26(32)33)16-15-29(5)21(25(31)20(19)2)7-8-23-27(3)12-11-24-28(4,17-34-18-35-24)22(27)10-13-30(23,29)6/h7,19-20,22-25H,8-18H2,1-6H3,(H,32,33)/t19-,20?,22?,23?,24?,25?,27?,28-,29-,30?,31?/m1/s1. The molecule has 1 saturated heterocycles. The summed E-state index contributed by atoms with van der Waals surface area (Å²) < 4.78 is 12.1. The van der Waals surface area contributed by atoms with E-state index >= 15 is 0 Å². The van der Waals surface area contributed by atoms with Gasteiger partial charge < -0.3 is 14.6 Å². The summed E-state index contributed by atoms with van der Waals surface area (Å²) in [5.74, 6) is 1.95. The third kappa shape index (κ3) is 2.85. The second-order valence-corrected chi connectivity index (χ2v) is 14.8. The molecule has 5 fully saturated rings. The van der Waals surface area contributed by atoms with E-state index in [2.05, 4.69) is 47.6 Å². The summed E-state index contributed by atoms with van der Waals surface area (Å²) in [6, 6.07) is 0. The smallest absolute Gasteiger partial charge is 0.310 e. The van der Waals surface area contributed by atoms with Crippen molar-refractivity contribution in [2.75, 3.05) is 13.4 Å². The van der Waals surface area contributed by atoms with Crippen molar-refractivity contribution in [3.8, 4) is 0 Å². The molecule has 0 aromatic carbocycles. The predicted molar refractivity (Wildman–Crippen MR) is 137 cm³/mol. The van der Waals surface area contributed by atoms with Crippen molar-refractivity contribution >= 4 is 5.97 Å². The number of carboxylic acids is 1. The maximum Gasteiger partial charge on any atom is 0.310 e. The minimum absolute atomic E-state index is 0.0934. The molecule has 6 aliphatic rings. The number of carbonyl (C=O) groups is 1. The van der Waals surface area contributed by atoms with Crippen molar-refractivity contribution in [1.29, 1.82) is 0 Å². The summed E-state index contributed by atoms with van der Waals surface area (Å²) in [4.78, 5) is 12.9. The second kappa shape index (κ2) is 7.59. The van der Waals surface area contributed by atoms with Crippen molar-refractivity contribution in [2.24, 2.45) is 56.7 Å². The fourth-order valence-electron chi connectivity index (χ4n) is 11.5. The van der Waals surface area contributed by atoms with Gasteiger partial charge in [-0.2, -0.15) is 0 Å². The van der Waals surface area contributed by atoms with E-state index in [1.165, 1.54) is 24.8 Å². The Morgan fingerprint density at radius 1 is 0.943 bits per heavy atom. The Morgan fingerprint density at radius 3 is 2.46 bits per heavy atom. The molecule has 0 aromatic heterocycles. The van der Waals surface area contributed by atoms with Crippen LogP contribution in [0, 0.1) is 56.7 Å². The van der Waals surface area contributed by atoms with Crippen LogP contribution < -0.4 is 0 Å². The number of aliphatic carboxylic acids is 1. The molecule has 1 heterocycles. The molecule has 35 heavy (non-hydrogen) atoms. The molecule has 5 aliphatic carbocycles. The summed E-state index contributed by atoms with van der Waals surface area (Å²) >= 11 is 0. The van der Waals surface area contributed by atoms with Gasteiger partial charge in [-0.25, -0.2) is 0 Å². The van der Waals surface area contributed by atoms with Gasteiger partial charge in [-0.05, 0) is 104 Å². The van der Waals surface area contributed by atoms with Gasteiger partial charge in [0, 0.05) is 5.41 Å². The Labute approximate surface area is 212 Å². The first-order valence-electron chi connectivity index (χ1n) is 14.6. The largest absolute Gasteiger partial charge is 0.481 e. The van der Waals surface area contributed by atoms with Gasteiger partial charge in [0.05, 0.1) is 18.1 Å². The molecular weight excluding hydrogens is 436 g/mol. The molecule has 1 aliphatic heterocycles. The van der Waals surface area contributed by atoms with Gasteiger partial charge in [-0.15, -0.1) is 0 Å². The van der Waals surface area contributed by atoms with Crippen LogP contribution in [-0.4, -0.2) is 30.6 Å². The van der Waals surface area contributed by atoms with Crippen LogP contribution >= 0.6 is 0 Å². The Kier molecular flexibility index (Phi) is 5.31. The Hall–Kier alpha value is -0.870. The lowest BCUT2D eigenvalue weighted by molar-refractivity contribution is -0.279. The average Bonchev–Trinajstić information content (AvgIpc) is 2.81. The fourth-order valence-corrected chi connectivity index (χ4v) is 11.5. The van der Waals surface area contributed by atoms with E-state index in [1.807, 2.05) is 0 Å². The number of allylic oxidation sites excluding steroid dienone is 2. The normalized spacial score (nSPS) is 57.5. The monoisotopic (exact) mass is 484 g/mol. The van der Waals surface area contributed by atoms with E-state index in [4.69, 9.17) is 9.47 Å². The van der Waals surface area contributed by atoms with Crippen LogP contribution in [-0.2, 0) is 14.3 Å². The summed E-state index contributed by atoms with van der Waals surface area (Å²) in [5, 5.41) is 10.6. The van der Waals surface area contributed by atoms with Crippen LogP contribution in [0.4, 0.5) is 0 Å². The van der Waals surface area contributed by atoms with Crippen LogP contribution in [0.1, 0.15) is 99.3 Å². The first-order valence-corrected chi connectivity index (χ1v) is 14.6. The zero-order valence-corrected chi connectivity index (χ0v) is 23.0. The Balaban J connectivity index is 1.43. The van der Waals surface area contributed by atoms with E-state index in [9.17, 15) is 9.90 Å². The van der Waals surface area contributed by atoms with Gasteiger partial charge >= 0.3 is 5.97 Å². The molecule has 0 radical (unpaired) electrons. The number of rotatable bonds is 1. The molecule has 0 aromatic rings. The van der Waals surface area contributed by atoms with E-state index < -0.39 is 11.4 Å². The highest BCUT2D eigenvalue weighted by atomic mass is 16.7. The quantitative estimate of drug-likeness (QED) is 0.404. The van der Waals surface area contributed by atoms with Gasteiger partial charge in [0.1, 0.15) is 6.79 Å². The topological polar surface area (TPSA) is 55.8 Å². The lowest BCUT2D eigenvalue weighted by Crippen LogP contribution is -2.67. The number of hydrogen-bond acceptors (Lipinski definition) is 3. The second-order valence-electron chi connectivity index (χ2n) is 14.8. The molecule has 0 bridgehead atoms. The predicted octanol–water partition coefficient (Wildman–Crippen LogP) is 7.08. The number of fused-ring (bicyclic) bond motifs is 9.